The molecule has 1 aliphatic heterocycles. The number of hydrogen-bond donors (Lipinski definition) is 2. The van der Waals surface area contributed by atoms with Gasteiger partial charge in [0, 0.05) is 13.1 Å². The van der Waals surface area contributed by atoms with Crippen molar-refractivity contribution >= 4 is 11.7 Å². The van der Waals surface area contributed by atoms with E-state index >= 15 is 0 Å². The molecule has 1 aliphatic rings. The molecular formula is C9H16N2O3. The molecule has 1 fully saturated rings. The van der Waals surface area contributed by atoms with Gasteiger partial charge in [-0.25, -0.2) is 0 Å². The van der Waals surface area contributed by atoms with Gasteiger partial charge in [-0.15, -0.1) is 0 Å². The van der Waals surface area contributed by atoms with Gasteiger partial charge in [0.05, 0.1) is 19.6 Å². The van der Waals surface area contributed by atoms with Gasteiger partial charge < -0.3 is 15.3 Å². The lowest BCUT2D eigenvalue weighted by Crippen LogP contribution is -2.29. The molecule has 80 valence electrons. The van der Waals surface area contributed by atoms with E-state index in [0.29, 0.717) is 13.1 Å². The summed E-state index contributed by atoms with van der Waals surface area (Å²) in [5.74, 6) is -0.0459. The minimum absolute atomic E-state index is 0.0123. The van der Waals surface area contributed by atoms with Crippen molar-refractivity contribution in [2.75, 3.05) is 32.8 Å². The number of likely N-dealkylation sites (tertiary alicyclic amines) is 1. The summed E-state index contributed by atoms with van der Waals surface area (Å²) >= 11 is 0. The molecule has 0 radical (unpaired) electrons. The van der Waals surface area contributed by atoms with E-state index in [1.54, 1.807) is 4.90 Å². The molecule has 0 spiro atoms. The molecule has 2 N–H and O–H groups in total. The Hall–Kier alpha value is -0.940. The monoisotopic (exact) mass is 200 g/mol. The van der Waals surface area contributed by atoms with E-state index in [1.165, 1.54) is 0 Å². The summed E-state index contributed by atoms with van der Waals surface area (Å²) in [6, 6.07) is 0. The summed E-state index contributed by atoms with van der Waals surface area (Å²) < 4.78 is 0. The average Bonchev–Trinajstić information content (AvgIpc) is 2.45. The Morgan fingerprint density at radius 1 is 1.36 bits per heavy atom. The number of nitrogens with one attached hydrogen (secondary N) is 1. The first kappa shape index (κ1) is 11.1. The van der Waals surface area contributed by atoms with Gasteiger partial charge in [-0.2, -0.15) is 0 Å². The summed E-state index contributed by atoms with van der Waals surface area (Å²) in [5, 5.41) is 11.5. The summed E-state index contributed by atoms with van der Waals surface area (Å²) in [6.07, 6.45) is 0.892. The number of ketones is 1. The van der Waals surface area contributed by atoms with Gasteiger partial charge in [0.2, 0.25) is 5.91 Å². The third-order valence-electron chi connectivity index (χ3n) is 2.14. The fourth-order valence-electron chi connectivity index (χ4n) is 1.44. The van der Waals surface area contributed by atoms with Crippen LogP contribution in [0.4, 0.5) is 0 Å². The van der Waals surface area contributed by atoms with E-state index in [9.17, 15) is 9.59 Å². The van der Waals surface area contributed by atoms with Crippen molar-refractivity contribution in [3.05, 3.63) is 0 Å². The van der Waals surface area contributed by atoms with Crippen LogP contribution in [0.2, 0.25) is 0 Å². The molecule has 1 saturated heterocycles. The van der Waals surface area contributed by atoms with Crippen molar-refractivity contribution in [1.82, 2.24) is 10.2 Å². The number of hydrogen-bond acceptors (Lipinski definition) is 4. The summed E-state index contributed by atoms with van der Waals surface area (Å²) in [4.78, 5) is 23.6. The minimum Gasteiger partial charge on any atom is -0.395 e. The number of carbonyl (C=O) groups is 2. The first-order valence-electron chi connectivity index (χ1n) is 4.85. The Morgan fingerprint density at radius 2 is 2.14 bits per heavy atom. The Labute approximate surface area is 83.1 Å². The summed E-state index contributed by atoms with van der Waals surface area (Å²) in [5.41, 5.74) is 0. The second kappa shape index (κ2) is 5.72. The van der Waals surface area contributed by atoms with E-state index in [-0.39, 0.29) is 31.3 Å². The lowest BCUT2D eigenvalue weighted by atomic mass is 10.3. The molecule has 0 aromatic rings. The number of aliphatic hydroxyl groups excluding tert-OH is 1. The topological polar surface area (TPSA) is 69.6 Å². The van der Waals surface area contributed by atoms with E-state index in [1.807, 2.05) is 0 Å². The molecule has 0 bridgehead atoms. The van der Waals surface area contributed by atoms with Gasteiger partial charge in [-0.1, -0.05) is 0 Å². The van der Waals surface area contributed by atoms with E-state index in [4.69, 9.17) is 5.11 Å². The van der Waals surface area contributed by atoms with Crippen molar-refractivity contribution in [1.29, 1.82) is 0 Å². The molecule has 0 aliphatic carbocycles. The van der Waals surface area contributed by atoms with Gasteiger partial charge in [0.1, 0.15) is 0 Å². The molecule has 1 heterocycles. The third-order valence-corrected chi connectivity index (χ3v) is 2.14. The van der Waals surface area contributed by atoms with Crippen LogP contribution in [0.5, 0.6) is 0 Å². The first-order valence-corrected chi connectivity index (χ1v) is 4.85. The number of amides is 1. The van der Waals surface area contributed by atoms with Crippen LogP contribution < -0.4 is 5.32 Å². The quantitative estimate of drug-likeness (QED) is 0.415. The van der Waals surface area contributed by atoms with Crippen LogP contribution in [-0.2, 0) is 9.59 Å². The van der Waals surface area contributed by atoms with Crippen molar-refractivity contribution in [3.63, 3.8) is 0 Å². The fourth-order valence-corrected chi connectivity index (χ4v) is 1.44. The van der Waals surface area contributed by atoms with Gasteiger partial charge in [0.25, 0.3) is 0 Å². The highest BCUT2D eigenvalue weighted by molar-refractivity contribution is 6.05. The number of nitrogens with zero attached hydrogens (tertiary/aromatic N) is 1. The summed E-state index contributed by atoms with van der Waals surface area (Å²) in [6.45, 7) is 2.37. The Bertz CT molecular complexity index is 218. The molecular weight excluding hydrogens is 184 g/mol. The molecule has 0 aromatic carbocycles. The van der Waals surface area contributed by atoms with Crippen molar-refractivity contribution in [2.24, 2.45) is 0 Å². The van der Waals surface area contributed by atoms with Gasteiger partial charge in [-0.05, 0) is 13.0 Å². The second-order valence-corrected chi connectivity index (χ2v) is 3.36. The van der Waals surface area contributed by atoms with Crippen LogP contribution >= 0.6 is 0 Å². The van der Waals surface area contributed by atoms with Crippen molar-refractivity contribution < 1.29 is 14.7 Å². The molecule has 14 heavy (non-hydrogen) atoms. The zero-order valence-corrected chi connectivity index (χ0v) is 8.16. The number of rotatable bonds is 6. The molecule has 1 rings (SSSR count). The van der Waals surface area contributed by atoms with E-state index in [0.717, 1.165) is 13.0 Å². The highest BCUT2D eigenvalue weighted by atomic mass is 16.3. The maximum Gasteiger partial charge on any atom is 0.230 e. The second-order valence-electron chi connectivity index (χ2n) is 3.36. The molecule has 0 aromatic heterocycles. The Morgan fingerprint density at radius 3 is 2.71 bits per heavy atom. The van der Waals surface area contributed by atoms with Gasteiger partial charge in [-0.3, -0.25) is 9.59 Å². The van der Waals surface area contributed by atoms with Crippen molar-refractivity contribution in [3.8, 4) is 0 Å². The molecule has 5 nitrogen and oxygen atoms in total. The normalized spacial score (nSPS) is 16.8. The fraction of sp³-hybridized carbons (Fsp3) is 0.778. The average molecular weight is 200 g/mol. The van der Waals surface area contributed by atoms with Crippen LogP contribution in [0.25, 0.3) is 0 Å². The largest absolute Gasteiger partial charge is 0.395 e. The highest BCUT2D eigenvalue weighted by Crippen LogP contribution is 2.06. The van der Waals surface area contributed by atoms with Crippen LogP contribution in [0.15, 0.2) is 0 Å². The molecule has 1 amide bonds. The molecule has 0 saturated carbocycles. The standard InChI is InChI=1S/C9H16N2O3/c12-5-3-10-2-1-4-11-7-8(13)6-9(11)14/h10,12H,1-7H2. The van der Waals surface area contributed by atoms with Crippen molar-refractivity contribution in [2.45, 2.75) is 12.8 Å². The number of Topliss-reactive ketones (excluding diaryl/α,β-unsaturated/α-hetero) is 1. The van der Waals surface area contributed by atoms with Crippen LogP contribution in [-0.4, -0.2) is 54.5 Å². The highest BCUT2D eigenvalue weighted by Gasteiger charge is 2.26. The van der Waals surface area contributed by atoms with Crippen LogP contribution in [0, 0.1) is 0 Å². The third kappa shape index (κ3) is 3.43. The van der Waals surface area contributed by atoms with E-state index < -0.39 is 0 Å². The SMILES string of the molecule is O=C1CC(=O)N(CCCNCCO)C1. The predicted molar refractivity (Wildman–Crippen MR) is 50.8 cm³/mol. The van der Waals surface area contributed by atoms with Gasteiger partial charge in [0.15, 0.2) is 5.78 Å². The van der Waals surface area contributed by atoms with E-state index in [2.05, 4.69) is 5.32 Å². The molecule has 0 unspecified atom stereocenters. The first-order chi connectivity index (χ1) is 6.74. The van der Waals surface area contributed by atoms with Gasteiger partial charge >= 0.3 is 0 Å². The van der Waals surface area contributed by atoms with Crippen LogP contribution in [0.3, 0.4) is 0 Å². The lowest BCUT2D eigenvalue weighted by molar-refractivity contribution is -0.127. The Balaban J connectivity index is 2.07. The lowest BCUT2D eigenvalue weighted by Gasteiger charge is -2.13. The zero-order chi connectivity index (χ0) is 10.4. The maximum absolute atomic E-state index is 11.1. The molecule has 0 atom stereocenters. The Kier molecular flexibility index (Phi) is 4.55. The summed E-state index contributed by atoms with van der Waals surface area (Å²) in [7, 11) is 0. The number of carbonyl (C=O) groups excluding carboxylic acids is 2. The smallest absolute Gasteiger partial charge is 0.230 e. The van der Waals surface area contributed by atoms with Crippen LogP contribution in [0.1, 0.15) is 12.8 Å². The number of aliphatic hydroxyl groups is 1. The minimum atomic E-state index is -0.0582. The molecule has 5 heteroatoms. The zero-order valence-electron chi connectivity index (χ0n) is 8.16. The maximum atomic E-state index is 11.1. The predicted octanol–water partition coefficient (Wildman–Crippen LogP) is -1.24.